The van der Waals surface area contributed by atoms with Crippen molar-refractivity contribution in [3.8, 4) is 0 Å². The first-order valence-electron chi connectivity index (χ1n) is 22.6. The average molecular weight is 833 g/mol. The topological polar surface area (TPSA) is 32.8 Å². The molecule has 2 heterocycles. The van der Waals surface area contributed by atoms with Crippen LogP contribution in [-0.4, -0.2) is 0 Å². The van der Waals surface area contributed by atoms with Gasteiger partial charge in [-0.2, -0.15) is 0 Å². The van der Waals surface area contributed by atoms with E-state index in [9.17, 15) is 0 Å². The van der Waals surface area contributed by atoms with Gasteiger partial charge in [-0.05, 0) is 179 Å². The molecular formula is C60H52N2O2. The summed E-state index contributed by atoms with van der Waals surface area (Å²) in [5.41, 5.74) is 18.0. The Morgan fingerprint density at radius 1 is 0.328 bits per heavy atom. The lowest BCUT2D eigenvalue weighted by molar-refractivity contribution is 0.664. The van der Waals surface area contributed by atoms with Gasteiger partial charge >= 0.3 is 0 Å². The van der Waals surface area contributed by atoms with Crippen molar-refractivity contribution in [2.24, 2.45) is 0 Å². The molecule has 0 radical (unpaired) electrons. The van der Waals surface area contributed by atoms with E-state index in [1.165, 1.54) is 44.8 Å². The van der Waals surface area contributed by atoms with E-state index in [0.29, 0.717) is 11.8 Å². The number of rotatable bonds is 8. The summed E-state index contributed by atoms with van der Waals surface area (Å²) >= 11 is 0. The minimum Gasteiger partial charge on any atom is -0.456 e. The number of para-hydroxylation sites is 2. The molecule has 0 aliphatic heterocycles. The first kappa shape index (κ1) is 39.5. The van der Waals surface area contributed by atoms with E-state index in [4.69, 9.17) is 8.83 Å². The SMILES string of the molecule is Cc1cccc(C)c1N(c1cccc(C(C)C)c1)c1ccc2cc3c(cc2c1)oc1cc2c(cc13)oc1cc3cc(N(c4cccc(C(C)C)c4)c4c(C)cccc4C)ccc3cc12. The van der Waals surface area contributed by atoms with Gasteiger partial charge in [-0.15, -0.1) is 0 Å². The predicted molar refractivity (Wildman–Crippen MR) is 273 cm³/mol. The molecule has 4 nitrogen and oxygen atoms in total. The van der Waals surface area contributed by atoms with E-state index in [-0.39, 0.29) is 0 Å². The largest absolute Gasteiger partial charge is 0.456 e. The highest BCUT2D eigenvalue weighted by Gasteiger charge is 2.22. The van der Waals surface area contributed by atoms with Crippen LogP contribution in [0.2, 0.25) is 0 Å². The van der Waals surface area contributed by atoms with Crippen LogP contribution in [0.3, 0.4) is 0 Å². The number of aryl methyl sites for hydroxylation is 4. The van der Waals surface area contributed by atoms with Gasteiger partial charge in [0.1, 0.15) is 22.3 Å². The highest BCUT2D eigenvalue weighted by Crippen LogP contribution is 2.45. The van der Waals surface area contributed by atoms with Crippen molar-refractivity contribution < 1.29 is 8.83 Å². The molecule has 0 N–H and O–H groups in total. The third-order valence-electron chi connectivity index (χ3n) is 13.4. The van der Waals surface area contributed by atoms with Gasteiger partial charge in [0, 0.05) is 44.3 Å². The molecule has 4 heteroatoms. The summed E-state index contributed by atoms with van der Waals surface area (Å²) < 4.78 is 13.5. The normalized spacial score (nSPS) is 12.0. The second-order valence-electron chi connectivity index (χ2n) is 18.5. The molecule has 0 aliphatic carbocycles. The van der Waals surface area contributed by atoms with Gasteiger partial charge in [0.2, 0.25) is 0 Å². The second kappa shape index (κ2) is 15.2. The molecule has 0 unspecified atom stereocenters. The fraction of sp³-hybridized carbons (Fsp3) is 0.167. The first-order chi connectivity index (χ1) is 31.0. The van der Waals surface area contributed by atoms with Crippen LogP contribution in [-0.2, 0) is 0 Å². The van der Waals surface area contributed by atoms with Gasteiger partial charge in [0.05, 0.1) is 11.4 Å². The standard InChI is InChI=1S/C60H52N2O2/c1-35(2)41-17-11-19-47(25-41)61(59-37(5)13-9-14-38(59)6)49-23-21-43-29-51-53-33-58-54(34-57(53)63-55(51)31-45(43)27-49)52-30-44-22-24-50(28-46(44)32-56(52)64-58)62(60-39(7)15-10-16-40(60)8)48-20-12-18-42(26-48)36(3)4/h9-36H,1-8H3. The maximum absolute atomic E-state index is 6.73. The molecule has 0 bridgehead atoms. The first-order valence-corrected chi connectivity index (χ1v) is 22.6. The zero-order valence-electron chi connectivity index (χ0n) is 37.9. The summed E-state index contributed by atoms with van der Waals surface area (Å²) in [5.74, 6) is 0.851. The third kappa shape index (κ3) is 6.59. The van der Waals surface area contributed by atoms with E-state index in [1.807, 2.05) is 0 Å². The van der Waals surface area contributed by atoms with Crippen molar-refractivity contribution in [3.05, 3.63) is 191 Å². The zero-order valence-corrected chi connectivity index (χ0v) is 37.9. The number of hydrogen-bond acceptors (Lipinski definition) is 4. The molecule has 0 fully saturated rings. The van der Waals surface area contributed by atoms with Gasteiger partial charge in [0.15, 0.2) is 0 Å². The molecule has 9 aromatic carbocycles. The van der Waals surface area contributed by atoms with Crippen LogP contribution in [0.25, 0.3) is 65.4 Å². The van der Waals surface area contributed by atoms with Crippen LogP contribution in [0, 0.1) is 27.7 Å². The Kier molecular flexibility index (Phi) is 9.39. The van der Waals surface area contributed by atoms with Crippen molar-refractivity contribution in [2.75, 3.05) is 9.80 Å². The third-order valence-corrected chi connectivity index (χ3v) is 13.4. The lowest BCUT2D eigenvalue weighted by Gasteiger charge is -2.29. The number of furan rings is 2. The molecule has 0 aliphatic rings. The van der Waals surface area contributed by atoms with Crippen molar-refractivity contribution in [1.82, 2.24) is 0 Å². The number of fused-ring (bicyclic) bond motifs is 8. The summed E-state index contributed by atoms with van der Waals surface area (Å²) in [7, 11) is 0. The van der Waals surface area contributed by atoms with E-state index in [1.54, 1.807) is 0 Å². The Morgan fingerprint density at radius 3 is 1.06 bits per heavy atom. The summed E-state index contributed by atoms with van der Waals surface area (Å²) in [6.45, 7) is 17.8. The maximum Gasteiger partial charge on any atom is 0.136 e. The van der Waals surface area contributed by atoms with Crippen LogP contribution in [0.5, 0.6) is 0 Å². The van der Waals surface area contributed by atoms with E-state index in [0.717, 1.165) is 88.2 Å². The zero-order chi connectivity index (χ0) is 44.0. The molecule has 2 aromatic heterocycles. The van der Waals surface area contributed by atoms with Gasteiger partial charge in [0.25, 0.3) is 0 Å². The number of nitrogens with zero attached hydrogens (tertiary/aromatic N) is 2. The smallest absolute Gasteiger partial charge is 0.136 e. The highest BCUT2D eigenvalue weighted by atomic mass is 16.3. The summed E-state index contributed by atoms with van der Waals surface area (Å²) in [6, 6.07) is 57.9. The lowest BCUT2D eigenvalue weighted by atomic mass is 10.00. The molecule has 0 atom stereocenters. The summed E-state index contributed by atoms with van der Waals surface area (Å²) in [5, 5.41) is 8.84. The summed E-state index contributed by atoms with van der Waals surface area (Å²) in [6.07, 6.45) is 0. The van der Waals surface area contributed by atoms with Crippen LogP contribution < -0.4 is 9.80 Å². The molecule has 0 spiro atoms. The number of benzene rings is 9. The molecule has 11 rings (SSSR count). The monoisotopic (exact) mass is 832 g/mol. The molecule has 0 saturated carbocycles. The van der Waals surface area contributed by atoms with E-state index >= 15 is 0 Å². The maximum atomic E-state index is 6.73. The second-order valence-corrected chi connectivity index (χ2v) is 18.5. The van der Waals surface area contributed by atoms with Gasteiger partial charge < -0.3 is 18.6 Å². The molecule has 11 aromatic rings. The Balaban J connectivity index is 1.01. The Morgan fingerprint density at radius 2 is 0.672 bits per heavy atom. The lowest BCUT2D eigenvalue weighted by Crippen LogP contribution is -2.13. The van der Waals surface area contributed by atoms with Crippen LogP contribution in [0.15, 0.2) is 167 Å². The Bertz CT molecular complexity index is 3360. The fourth-order valence-corrected chi connectivity index (χ4v) is 9.96. The number of anilines is 6. The molecule has 0 amide bonds. The summed E-state index contributed by atoms with van der Waals surface area (Å²) in [4.78, 5) is 4.82. The van der Waals surface area contributed by atoms with Crippen LogP contribution in [0.4, 0.5) is 34.1 Å². The fourth-order valence-electron chi connectivity index (χ4n) is 9.96. The minimum absolute atomic E-state index is 0.426. The Labute approximate surface area is 375 Å². The Hall–Kier alpha value is -7.30. The van der Waals surface area contributed by atoms with Gasteiger partial charge in [-0.25, -0.2) is 0 Å². The molecule has 64 heavy (non-hydrogen) atoms. The molecule has 0 saturated heterocycles. The molecule has 314 valence electrons. The average Bonchev–Trinajstić information content (AvgIpc) is 3.81. The van der Waals surface area contributed by atoms with Crippen molar-refractivity contribution in [1.29, 1.82) is 0 Å². The van der Waals surface area contributed by atoms with Crippen molar-refractivity contribution in [2.45, 2.75) is 67.2 Å². The molecular weight excluding hydrogens is 781 g/mol. The minimum atomic E-state index is 0.426. The quantitative estimate of drug-likeness (QED) is 0.153. The van der Waals surface area contributed by atoms with Crippen LogP contribution >= 0.6 is 0 Å². The van der Waals surface area contributed by atoms with E-state index < -0.39 is 0 Å². The van der Waals surface area contributed by atoms with Crippen LogP contribution in [0.1, 0.15) is 72.9 Å². The number of hydrogen-bond donors (Lipinski definition) is 0. The van der Waals surface area contributed by atoms with Gasteiger partial charge in [-0.3, -0.25) is 0 Å². The van der Waals surface area contributed by atoms with E-state index in [2.05, 4.69) is 223 Å². The highest BCUT2D eigenvalue weighted by molar-refractivity contribution is 6.18. The van der Waals surface area contributed by atoms with Gasteiger partial charge in [-0.1, -0.05) is 100 Å². The predicted octanol–water partition coefficient (Wildman–Crippen LogP) is 18.2. The van der Waals surface area contributed by atoms with Crippen molar-refractivity contribution in [3.63, 3.8) is 0 Å². The van der Waals surface area contributed by atoms with Crippen molar-refractivity contribution >= 4 is 99.5 Å².